The number of carbonyl (C=O) groups excluding carboxylic acids is 1. The molecule has 0 aromatic heterocycles. The van der Waals surface area contributed by atoms with Crippen molar-refractivity contribution in [2.24, 2.45) is 5.92 Å². The molecule has 1 amide bonds. The van der Waals surface area contributed by atoms with Crippen LogP contribution in [0.2, 0.25) is 0 Å². The zero-order valence-corrected chi connectivity index (χ0v) is 11.5. The van der Waals surface area contributed by atoms with E-state index in [-0.39, 0.29) is 23.0 Å². The van der Waals surface area contributed by atoms with E-state index >= 15 is 0 Å². The van der Waals surface area contributed by atoms with Crippen molar-refractivity contribution in [2.45, 2.75) is 19.2 Å². The molecule has 4 nitrogen and oxygen atoms in total. The van der Waals surface area contributed by atoms with Gasteiger partial charge in [-0.2, -0.15) is 0 Å². The lowest BCUT2D eigenvalue weighted by Gasteiger charge is -2.14. The Morgan fingerprint density at radius 2 is 2.17 bits per heavy atom. The summed E-state index contributed by atoms with van der Waals surface area (Å²) < 4.78 is 4.91. The Bertz CT molecular complexity index is 421. The maximum Gasteiger partial charge on any atom is 0.251 e. The van der Waals surface area contributed by atoms with Crippen LogP contribution in [0.25, 0.3) is 0 Å². The average Bonchev–Trinajstić information content (AvgIpc) is 2.35. The summed E-state index contributed by atoms with van der Waals surface area (Å²) in [6.07, 6.45) is 0. The highest BCUT2D eigenvalue weighted by Gasteiger charge is 2.13. The third-order valence-corrected chi connectivity index (χ3v) is 3.28. The van der Waals surface area contributed by atoms with Crippen LogP contribution < -0.4 is 10.1 Å². The summed E-state index contributed by atoms with van der Waals surface area (Å²) in [6.45, 7) is 4.37. The Hall–Kier alpha value is -1.42. The second-order valence-electron chi connectivity index (χ2n) is 4.36. The van der Waals surface area contributed by atoms with Gasteiger partial charge in [0.1, 0.15) is 0 Å². The molecule has 0 spiro atoms. The van der Waals surface area contributed by atoms with Crippen molar-refractivity contribution in [3.63, 3.8) is 0 Å². The monoisotopic (exact) mass is 271 g/mol. The molecule has 1 aromatic carbocycles. The van der Waals surface area contributed by atoms with E-state index in [4.69, 9.17) is 16.3 Å². The van der Waals surface area contributed by atoms with Gasteiger partial charge in [-0.05, 0) is 24.1 Å². The van der Waals surface area contributed by atoms with E-state index in [1.165, 1.54) is 13.2 Å². The van der Waals surface area contributed by atoms with Crippen molar-refractivity contribution in [2.75, 3.05) is 13.7 Å². The molecule has 0 aliphatic rings. The predicted octanol–water partition coefficient (Wildman–Crippen LogP) is 2.39. The van der Waals surface area contributed by atoms with E-state index < -0.39 is 0 Å². The van der Waals surface area contributed by atoms with Crippen LogP contribution in [0.3, 0.4) is 0 Å². The molecule has 1 aromatic rings. The minimum atomic E-state index is -0.265. The Balaban J connectivity index is 2.65. The maximum atomic E-state index is 11.8. The summed E-state index contributed by atoms with van der Waals surface area (Å²) in [5.74, 6) is 0.302. The summed E-state index contributed by atoms with van der Waals surface area (Å²) in [5.41, 5.74) is 0.376. The quantitative estimate of drug-likeness (QED) is 0.809. The van der Waals surface area contributed by atoms with Gasteiger partial charge in [-0.1, -0.05) is 13.8 Å². The zero-order chi connectivity index (χ0) is 13.7. The van der Waals surface area contributed by atoms with Gasteiger partial charge in [0, 0.05) is 12.1 Å². The standard InChI is InChI=1S/C13H18ClNO3/c1-8(2)10(14)7-15-13(17)9-4-5-12(18-3)11(16)6-9/h4-6,8,10,16H,7H2,1-3H3,(H,15,17). The lowest BCUT2D eigenvalue weighted by Crippen LogP contribution is -2.31. The van der Waals surface area contributed by atoms with Gasteiger partial charge in [-0.25, -0.2) is 0 Å². The highest BCUT2D eigenvalue weighted by atomic mass is 35.5. The number of alkyl halides is 1. The molecular formula is C13H18ClNO3. The number of phenols is 1. The van der Waals surface area contributed by atoms with Crippen LogP contribution in [0.4, 0.5) is 0 Å². The normalized spacial score (nSPS) is 12.3. The van der Waals surface area contributed by atoms with Gasteiger partial charge < -0.3 is 15.2 Å². The third-order valence-electron chi connectivity index (χ3n) is 2.62. The first-order valence-electron chi connectivity index (χ1n) is 5.75. The van der Waals surface area contributed by atoms with Crippen molar-refractivity contribution in [1.29, 1.82) is 0 Å². The fraction of sp³-hybridized carbons (Fsp3) is 0.462. The van der Waals surface area contributed by atoms with Gasteiger partial charge in [0.25, 0.3) is 5.91 Å². The number of hydrogen-bond donors (Lipinski definition) is 2. The summed E-state index contributed by atoms with van der Waals surface area (Å²) in [5, 5.41) is 12.2. The van der Waals surface area contributed by atoms with Crippen LogP contribution >= 0.6 is 11.6 Å². The molecule has 0 fully saturated rings. The average molecular weight is 272 g/mol. The van der Waals surface area contributed by atoms with Crippen LogP contribution in [0.5, 0.6) is 11.5 Å². The molecule has 0 saturated carbocycles. The van der Waals surface area contributed by atoms with Crippen molar-refractivity contribution in [1.82, 2.24) is 5.32 Å². The highest BCUT2D eigenvalue weighted by molar-refractivity contribution is 6.21. The highest BCUT2D eigenvalue weighted by Crippen LogP contribution is 2.26. The van der Waals surface area contributed by atoms with Crippen molar-refractivity contribution in [3.05, 3.63) is 23.8 Å². The number of halogens is 1. The van der Waals surface area contributed by atoms with Gasteiger partial charge in [0.05, 0.1) is 12.5 Å². The molecule has 0 heterocycles. The smallest absolute Gasteiger partial charge is 0.251 e. The van der Waals surface area contributed by atoms with Crippen LogP contribution in [0.1, 0.15) is 24.2 Å². The molecule has 1 unspecified atom stereocenters. The van der Waals surface area contributed by atoms with Crippen molar-refractivity contribution in [3.8, 4) is 11.5 Å². The number of phenolic OH excluding ortho intramolecular Hbond substituents is 1. The van der Waals surface area contributed by atoms with Gasteiger partial charge >= 0.3 is 0 Å². The van der Waals surface area contributed by atoms with Crippen LogP contribution in [-0.2, 0) is 0 Å². The summed E-state index contributed by atoms with van der Waals surface area (Å²) in [6, 6.07) is 4.50. The van der Waals surface area contributed by atoms with Gasteiger partial charge in [0.15, 0.2) is 11.5 Å². The molecule has 1 rings (SSSR count). The molecule has 100 valence electrons. The largest absolute Gasteiger partial charge is 0.504 e. The van der Waals surface area contributed by atoms with Crippen LogP contribution in [0, 0.1) is 5.92 Å². The minimum Gasteiger partial charge on any atom is -0.504 e. The summed E-state index contributed by atoms with van der Waals surface area (Å²) >= 11 is 6.04. The Kier molecular flexibility index (Phi) is 5.28. The summed E-state index contributed by atoms with van der Waals surface area (Å²) in [4.78, 5) is 11.8. The zero-order valence-electron chi connectivity index (χ0n) is 10.7. The third kappa shape index (κ3) is 3.81. The molecule has 2 N–H and O–H groups in total. The van der Waals surface area contributed by atoms with Crippen LogP contribution in [0.15, 0.2) is 18.2 Å². The number of methoxy groups -OCH3 is 1. The molecule has 5 heteroatoms. The lowest BCUT2D eigenvalue weighted by molar-refractivity contribution is 0.0952. The topological polar surface area (TPSA) is 58.6 Å². The number of aromatic hydroxyl groups is 1. The van der Waals surface area contributed by atoms with E-state index in [2.05, 4.69) is 5.32 Å². The number of benzene rings is 1. The molecule has 0 saturated heterocycles. The molecule has 0 aliphatic heterocycles. The van der Waals surface area contributed by atoms with Gasteiger partial charge in [0.2, 0.25) is 0 Å². The van der Waals surface area contributed by atoms with E-state index in [1.54, 1.807) is 12.1 Å². The number of carbonyl (C=O) groups is 1. The van der Waals surface area contributed by atoms with Crippen LogP contribution in [-0.4, -0.2) is 30.0 Å². The number of nitrogens with one attached hydrogen (secondary N) is 1. The maximum absolute atomic E-state index is 11.8. The molecule has 0 aliphatic carbocycles. The first kappa shape index (κ1) is 14.6. The fourth-order valence-electron chi connectivity index (χ4n) is 1.36. The first-order valence-corrected chi connectivity index (χ1v) is 6.18. The number of hydrogen-bond acceptors (Lipinski definition) is 3. The van der Waals surface area contributed by atoms with E-state index in [0.29, 0.717) is 17.9 Å². The summed E-state index contributed by atoms with van der Waals surface area (Å²) in [7, 11) is 1.45. The second-order valence-corrected chi connectivity index (χ2v) is 4.92. The second kappa shape index (κ2) is 6.50. The van der Waals surface area contributed by atoms with E-state index in [0.717, 1.165) is 0 Å². The lowest BCUT2D eigenvalue weighted by atomic mass is 10.1. The molecular weight excluding hydrogens is 254 g/mol. The number of ether oxygens (including phenoxy) is 1. The minimum absolute atomic E-state index is 0.0589. The number of rotatable bonds is 5. The van der Waals surface area contributed by atoms with Gasteiger partial charge in [-0.3, -0.25) is 4.79 Å². The molecule has 1 atom stereocenters. The van der Waals surface area contributed by atoms with E-state index in [1.807, 2.05) is 13.8 Å². The SMILES string of the molecule is COc1ccc(C(=O)NCC(Cl)C(C)C)cc1O. The molecule has 18 heavy (non-hydrogen) atoms. The Morgan fingerprint density at radius 1 is 1.50 bits per heavy atom. The predicted molar refractivity (Wildman–Crippen MR) is 71.5 cm³/mol. The number of amides is 1. The Morgan fingerprint density at radius 3 is 2.67 bits per heavy atom. The molecule has 0 radical (unpaired) electrons. The fourth-order valence-corrected chi connectivity index (χ4v) is 1.44. The Labute approximate surface area is 112 Å². The van der Waals surface area contributed by atoms with E-state index in [9.17, 15) is 9.90 Å². The molecule has 0 bridgehead atoms. The van der Waals surface area contributed by atoms with Crippen molar-refractivity contribution < 1.29 is 14.6 Å². The van der Waals surface area contributed by atoms with Gasteiger partial charge in [-0.15, -0.1) is 11.6 Å². The van der Waals surface area contributed by atoms with Crippen molar-refractivity contribution >= 4 is 17.5 Å². The first-order chi connectivity index (χ1) is 8.45.